The van der Waals surface area contributed by atoms with Crippen LogP contribution in [0.15, 0.2) is 0 Å². The maximum atomic E-state index is 5.58. The molecule has 0 spiro atoms. The van der Waals surface area contributed by atoms with Gasteiger partial charge in [0.05, 0.1) is 0 Å². The third-order valence-corrected chi connectivity index (χ3v) is 2.66. The van der Waals surface area contributed by atoms with Crippen LogP contribution in [0.4, 0.5) is 0 Å². The lowest BCUT2D eigenvalue weighted by Gasteiger charge is -2.25. The molecule has 0 aliphatic rings. The van der Waals surface area contributed by atoms with Crippen molar-refractivity contribution in [2.24, 2.45) is 11.7 Å². The molecule has 0 radical (unpaired) electrons. The molecule has 80 valence electrons. The summed E-state index contributed by atoms with van der Waals surface area (Å²) >= 11 is 0. The van der Waals surface area contributed by atoms with Gasteiger partial charge in [-0.3, -0.25) is 0 Å². The van der Waals surface area contributed by atoms with E-state index < -0.39 is 0 Å². The number of rotatable bonds is 8. The standard InChI is InChI=1S/C11H26N2/c1-4-8-13(9-7-12)10-11(5-2)6-3/h11H,4-10,12H2,1-3H3. The summed E-state index contributed by atoms with van der Waals surface area (Å²) in [5, 5.41) is 0. The van der Waals surface area contributed by atoms with E-state index in [4.69, 9.17) is 5.73 Å². The molecule has 0 fully saturated rings. The Morgan fingerprint density at radius 2 is 1.69 bits per heavy atom. The van der Waals surface area contributed by atoms with Gasteiger partial charge in [0.25, 0.3) is 0 Å². The molecule has 13 heavy (non-hydrogen) atoms. The van der Waals surface area contributed by atoms with Gasteiger partial charge in [-0.2, -0.15) is 0 Å². The Bertz CT molecular complexity index is 94.3. The van der Waals surface area contributed by atoms with Crippen LogP contribution in [0.3, 0.4) is 0 Å². The van der Waals surface area contributed by atoms with Gasteiger partial charge < -0.3 is 10.6 Å². The van der Waals surface area contributed by atoms with Gasteiger partial charge in [-0.25, -0.2) is 0 Å². The second-order valence-corrected chi connectivity index (χ2v) is 3.77. The minimum Gasteiger partial charge on any atom is -0.329 e. The van der Waals surface area contributed by atoms with Gasteiger partial charge >= 0.3 is 0 Å². The Hall–Kier alpha value is -0.0800. The average Bonchev–Trinajstić information content (AvgIpc) is 2.14. The number of hydrogen-bond donors (Lipinski definition) is 1. The monoisotopic (exact) mass is 186 g/mol. The van der Waals surface area contributed by atoms with Crippen LogP contribution in [-0.4, -0.2) is 31.1 Å². The average molecular weight is 186 g/mol. The minimum atomic E-state index is 0.792. The van der Waals surface area contributed by atoms with Crippen molar-refractivity contribution in [1.82, 2.24) is 4.90 Å². The lowest BCUT2D eigenvalue weighted by atomic mass is 10.0. The van der Waals surface area contributed by atoms with Crippen molar-refractivity contribution in [1.29, 1.82) is 0 Å². The first kappa shape index (κ1) is 12.9. The van der Waals surface area contributed by atoms with Gasteiger partial charge in [0.2, 0.25) is 0 Å². The van der Waals surface area contributed by atoms with Gasteiger partial charge in [0.1, 0.15) is 0 Å². The van der Waals surface area contributed by atoms with Crippen molar-refractivity contribution in [3.05, 3.63) is 0 Å². The Balaban J connectivity index is 3.76. The maximum Gasteiger partial charge on any atom is 0.0105 e. The van der Waals surface area contributed by atoms with Crippen LogP contribution >= 0.6 is 0 Å². The lowest BCUT2D eigenvalue weighted by Crippen LogP contribution is -2.34. The normalized spacial score (nSPS) is 11.5. The molecule has 0 aliphatic carbocycles. The van der Waals surface area contributed by atoms with Gasteiger partial charge in [0, 0.05) is 19.6 Å². The fourth-order valence-corrected chi connectivity index (χ4v) is 1.71. The summed E-state index contributed by atoms with van der Waals surface area (Å²) in [5.74, 6) is 0.859. The topological polar surface area (TPSA) is 29.3 Å². The fourth-order valence-electron chi connectivity index (χ4n) is 1.71. The smallest absolute Gasteiger partial charge is 0.0105 e. The summed E-state index contributed by atoms with van der Waals surface area (Å²) in [6.07, 6.45) is 3.82. The van der Waals surface area contributed by atoms with Crippen molar-refractivity contribution < 1.29 is 0 Å². The minimum absolute atomic E-state index is 0.792. The van der Waals surface area contributed by atoms with Crippen molar-refractivity contribution in [2.45, 2.75) is 40.0 Å². The van der Waals surface area contributed by atoms with E-state index in [0.717, 1.165) is 19.0 Å². The molecule has 0 saturated heterocycles. The van der Waals surface area contributed by atoms with Crippen LogP contribution in [0, 0.1) is 5.92 Å². The molecule has 2 N–H and O–H groups in total. The van der Waals surface area contributed by atoms with E-state index in [1.807, 2.05) is 0 Å². The summed E-state index contributed by atoms with van der Waals surface area (Å²) in [4.78, 5) is 2.50. The van der Waals surface area contributed by atoms with Gasteiger partial charge in [-0.1, -0.05) is 33.6 Å². The first-order valence-electron chi connectivity index (χ1n) is 5.70. The molecule has 0 rings (SSSR count). The van der Waals surface area contributed by atoms with Crippen LogP contribution in [0.2, 0.25) is 0 Å². The van der Waals surface area contributed by atoms with Crippen molar-refractivity contribution in [3.63, 3.8) is 0 Å². The van der Waals surface area contributed by atoms with E-state index in [0.29, 0.717) is 0 Å². The largest absolute Gasteiger partial charge is 0.329 e. The quantitative estimate of drug-likeness (QED) is 0.629. The molecular weight excluding hydrogens is 160 g/mol. The molecule has 0 aromatic heterocycles. The Labute approximate surface area is 83.5 Å². The molecule has 2 heteroatoms. The van der Waals surface area contributed by atoms with Crippen LogP contribution in [0.1, 0.15) is 40.0 Å². The molecule has 0 saturated carbocycles. The summed E-state index contributed by atoms with van der Waals surface area (Å²) in [5.41, 5.74) is 5.58. The predicted octanol–water partition coefficient (Wildman–Crippen LogP) is 2.09. The highest BCUT2D eigenvalue weighted by molar-refractivity contribution is 4.64. The molecular formula is C11H26N2. The number of nitrogens with zero attached hydrogens (tertiary/aromatic N) is 1. The zero-order valence-electron chi connectivity index (χ0n) is 9.55. The Kier molecular flexibility index (Phi) is 8.46. The van der Waals surface area contributed by atoms with E-state index in [9.17, 15) is 0 Å². The zero-order valence-corrected chi connectivity index (χ0v) is 9.55. The van der Waals surface area contributed by atoms with Crippen LogP contribution < -0.4 is 5.73 Å². The summed E-state index contributed by atoms with van der Waals surface area (Å²) in [7, 11) is 0. The molecule has 0 heterocycles. The molecule has 2 nitrogen and oxygen atoms in total. The predicted molar refractivity (Wildman–Crippen MR) is 59.9 cm³/mol. The molecule has 0 atom stereocenters. The van der Waals surface area contributed by atoms with E-state index in [1.54, 1.807) is 0 Å². The van der Waals surface area contributed by atoms with Crippen molar-refractivity contribution >= 4 is 0 Å². The molecule has 0 aromatic rings. The highest BCUT2D eigenvalue weighted by Gasteiger charge is 2.09. The molecule has 0 amide bonds. The highest BCUT2D eigenvalue weighted by atomic mass is 15.1. The van der Waals surface area contributed by atoms with E-state index >= 15 is 0 Å². The second kappa shape index (κ2) is 8.52. The SMILES string of the molecule is CCCN(CCN)CC(CC)CC. The van der Waals surface area contributed by atoms with E-state index in [2.05, 4.69) is 25.7 Å². The fraction of sp³-hybridized carbons (Fsp3) is 1.00. The van der Waals surface area contributed by atoms with Gasteiger partial charge in [-0.15, -0.1) is 0 Å². The van der Waals surface area contributed by atoms with Crippen LogP contribution in [0.5, 0.6) is 0 Å². The van der Waals surface area contributed by atoms with Crippen LogP contribution in [0.25, 0.3) is 0 Å². The highest BCUT2D eigenvalue weighted by Crippen LogP contribution is 2.09. The van der Waals surface area contributed by atoms with E-state index in [-0.39, 0.29) is 0 Å². The summed E-state index contributed by atoms with van der Waals surface area (Å²) in [6, 6.07) is 0. The van der Waals surface area contributed by atoms with Crippen molar-refractivity contribution in [2.75, 3.05) is 26.2 Å². The van der Waals surface area contributed by atoms with Gasteiger partial charge in [0.15, 0.2) is 0 Å². The maximum absolute atomic E-state index is 5.58. The number of hydrogen-bond acceptors (Lipinski definition) is 2. The van der Waals surface area contributed by atoms with Gasteiger partial charge in [-0.05, 0) is 18.9 Å². The van der Waals surface area contributed by atoms with Crippen LogP contribution in [-0.2, 0) is 0 Å². The zero-order chi connectivity index (χ0) is 10.1. The molecule has 0 aromatic carbocycles. The summed E-state index contributed by atoms with van der Waals surface area (Å²) < 4.78 is 0. The second-order valence-electron chi connectivity index (χ2n) is 3.77. The molecule has 0 bridgehead atoms. The molecule has 0 aliphatic heterocycles. The number of nitrogens with two attached hydrogens (primary N) is 1. The molecule has 0 unspecified atom stereocenters. The summed E-state index contributed by atoms with van der Waals surface area (Å²) in [6.45, 7) is 11.1. The third-order valence-electron chi connectivity index (χ3n) is 2.66. The lowest BCUT2D eigenvalue weighted by molar-refractivity contribution is 0.229. The Morgan fingerprint density at radius 3 is 2.08 bits per heavy atom. The first-order chi connectivity index (χ1) is 6.28. The third kappa shape index (κ3) is 6.05. The Morgan fingerprint density at radius 1 is 1.08 bits per heavy atom. The van der Waals surface area contributed by atoms with E-state index in [1.165, 1.54) is 32.4 Å². The van der Waals surface area contributed by atoms with Crippen molar-refractivity contribution in [3.8, 4) is 0 Å². The first-order valence-corrected chi connectivity index (χ1v) is 5.70.